The van der Waals surface area contributed by atoms with E-state index in [-0.39, 0.29) is 0 Å². The van der Waals surface area contributed by atoms with Crippen molar-refractivity contribution in [2.24, 2.45) is 5.92 Å². The van der Waals surface area contributed by atoms with Gasteiger partial charge in [-0.2, -0.15) is 0 Å². The summed E-state index contributed by atoms with van der Waals surface area (Å²) in [5, 5.41) is 0.864. The molecule has 0 atom stereocenters. The van der Waals surface area contributed by atoms with Gasteiger partial charge in [0.25, 0.3) is 0 Å². The molecule has 0 amide bonds. The van der Waals surface area contributed by atoms with Crippen molar-refractivity contribution in [1.82, 2.24) is 0 Å². The molecule has 0 heterocycles. The van der Waals surface area contributed by atoms with E-state index >= 15 is 0 Å². The lowest BCUT2D eigenvalue weighted by atomic mass is 9.86. The molecule has 0 aliphatic heterocycles. The number of rotatable bonds is 1. The molecule has 1 aliphatic carbocycles. The molecule has 2 rings (SSSR count). The lowest BCUT2D eigenvalue weighted by Gasteiger charge is -2.20. The average Bonchev–Trinajstić information content (AvgIpc) is 2.25. The van der Waals surface area contributed by atoms with Crippen LogP contribution in [0.1, 0.15) is 38.2 Å². The minimum absolute atomic E-state index is 0.864. The van der Waals surface area contributed by atoms with Crippen LogP contribution in [-0.4, -0.2) is 0 Å². The van der Waals surface area contributed by atoms with Gasteiger partial charge >= 0.3 is 0 Å². The van der Waals surface area contributed by atoms with E-state index in [9.17, 15) is 0 Å². The smallest absolute Gasteiger partial charge is 0.0478 e. The Labute approximate surface area is 97.0 Å². The molecule has 0 spiro atoms. The zero-order valence-electron chi connectivity index (χ0n) is 9.17. The van der Waals surface area contributed by atoms with Gasteiger partial charge in [0.15, 0.2) is 0 Å². The summed E-state index contributed by atoms with van der Waals surface area (Å²) >= 11 is 6.13. The Bertz CT molecular complexity index is 355. The molecule has 0 nitrogen and oxygen atoms in total. The van der Waals surface area contributed by atoms with Gasteiger partial charge in [-0.3, -0.25) is 0 Å². The maximum Gasteiger partial charge on any atom is 0.0478 e. The van der Waals surface area contributed by atoms with Crippen LogP contribution < -0.4 is 0 Å². The summed E-state index contributed by atoms with van der Waals surface area (Å²) in [4.78, 5) is 0. The van der Waals surface area contributed by atoms with Crippen LogP contribution in [0.4, 0.5) is 0 Å². The molecule has 1 aliphatic rings. The van der Waals surface area contributed by atoms with Crippen molar-refractivity contribution in [2.45, 2.75) is 32.6 Å². The standard InChI is InChI=1S/C14H17Cl/c1-11-6-8-12(9-7-11)10-13-4-2-3-5-14(13)15/h2-5,10-11H,6-9H2,1H3. The van der Waals surface area contributed by atoms with Crippen molar-refractivity contribution in [1.29, 1.82) is 0 Å². The Balaban J connectivity index is 2.13. The van der Waals surface area contributed by atoms with E-state index < -0.39 is 0 Å². The minimum atomic E-state index is 0.864. The van der Waals surface area contributed by atoms with Crippen molar-refractivity contribution < 1.29 is 0 Å². The van der Waals surface area contributed by atoms with Crippen molar-refractivity contribution in [2.75, 3.05) is 0 Å². The molecule has 0 N–H and O–H groups in total. The lowest BCUT2D eigenvalue weighted by molar-refractivity contribution is 0.446. The second-order valence-electron chi connectivity index (χ2n) is 4.51. The van der Waals surface area contributed by atoms with Crippen LogP contribution in [0.25, 0.3) is 6.08 Å². The highest BCUT2D eigenvalue weighted by atomic mass is 35.5. The highest BCUT2D eigenvalue weighted by Crippen LogP contribution is 2.30. The molecular weight excluding hydrogens is 204 g/mol. The Morgan fingerprint density at radius 2 is 1.87 bits per heavy atom. The van der Waals surface area contributed by atoms with E-state index in [0.717, 1.165) is 10.9 Å². The topological polar surface area (TPSA) is 0 Å². The summed E-state index contributed by atoms with van der Waals surface area (Å²) in [5.74, 6) is 0.897. The molecule has 1 aromatic rings. The summed E-state index contributed by atoms with van der Waals surface area (Å²) in [6.45, 7) is 2.34. The average molecular weight is 221 g/mol. The zero-order chi connectivity index (χ0) is 10.7. The summed E-state index contributed by atoms with van der Waals surface area (Å²) in [6, 6.07) is 8.07. The first-order valence-electron chi connectivity index (χ1n) is 5.69. The number of hydrogen-bond acceptors (Lipinski definition) is 0. The van der Waals surface area contributed by atoms with Gasteiger partial charge < -0.3 is 0 Å². The molecule has 1 saturated carbocycles. The second kappa shape index (κ2) is 4.85. The quantitative estimate of drug-likeness (QED) is 0.629. The molecule has 1 heteroatoms. The molecule has 0 bridgehead atoms. The summed E-state index contributed by atoms with van der Waals surface area (Å²) in [5.41, 5.74) is 2.73. The first-order valence-corrected chi connectivity index (χ1v) is 6.07. The Kier molecular flexibility index (Phi) is 3.48. The summed E-state index contributed by atoms with van der Waals surface area (Å²) in [7, 11) is 0. The van der Waals surface area contributed by atoms with Crippen LogP contribution in [0, 0.1) is 5.92 Å². The van der Waals surface area contributed by atoms with Crippen LogP contribution in [0.5, 0.6) is 0 Å². The van der Waals surface area contributed by atoms with Crippen molar-refractivity contribution in [3.8, 4) is 0 Å². The fourth-order valence-corrected chi connectivity index (χ4v) is 2.28. The maximum atomic E-state index is 6.13. The molecule has 0 aromatic heterocycles. The van der Waals surface area contributed by atoms with Gasteiger partial charge in [-0.1, -0.05) is 48.4 Å². The molecule has 0 radical (unpaired) electrons. The molecular formula is C14H17Cl. The van der Waals surface area contributed by atoms with Gasteiger partial charge in [0, 0.05) is 5.02 Å². The summed E-state index contributed by atoms with van der Waals surface area (Å²) in [6.07, 6.45) is 7.42. The van der Waals surface area contributed by atoms with E-state index in [2.05, 4.69) is 19.1 Å². The Hall–Kier alpha value is -0.750. The number of benzene rings is 1. The van der Waals surface area contributed by atoms with Crippen LogP contribution >= 0.6 is 11.6 Å². The molecule has 1 fully saturated rings. The predicted molar refractivity (Wildman–Crippen MR) is 67.1 cm³/mol. The molecule has 0 unspecified atom stereocenters. The number of hydrogen-bond donors (Lipinski definition) is 0. The van der Waals surface area contributed by atoms with Crippen LogP contribution in [0.15, 0.2) is 29.8 Å². The fraction of sp³-hybridized carbons (Fsp3) is 0.429. The lowest BCUT2D eigenvalue weighted by Crippen LogP contribution is -2.03. The van der Waals surface area contributed by atoms with Crippen LogP contribution in [0.2, 0.25) is 5.02 Å². The van der Waals surface area contributed by atoms with Crippen LogP contribution in [-0.2, 0) is 0 Å². The van der Waals surface area contributed by atoms with Crippen molar-refractivity contribution >= 4 is 17.7 Å². The third-order valence-corrected chi connectivity index (χ3v) is 3.53. The highest BCUT2D eigenvalue weighted by Gasteiger charge is 2.12. The largest absolute Gasteiger partial charge is 0.0837 e. The second-order valence-corrected chi connectivity index (χ2v) is 4.91. The van der Waals surface area contributed by atoms with E-state index in [1.54, 1.807) is 5.57 Å². The normalized spacial score (nSPS) is 21.5. The fourth-order valence-electron chi connectivity index (χ4n) is 2.09. The van der Waals surface area contributed by atoms with Gasteiger partial charge in [0.2, 0.25) is 0 Å². The van der Waals surface area contributed by atoms with E-state index in [1.165, 1.54) is 31.2 Å². The Morgan fingerprint density at radius 3 is 2.53 bits per heavy atom. The van der Waals surface area contributed by atoms with Crippen molar-refractivity contribution in [3.63, 3.8) is 0 Å². The molecule has 80 valence electrons. The van der Waals surface area contributed by atoms with Crippen molar-refractivity contribution in [3.05, 3.63) is 40.4 Å². The van der Waals surface area contributed by atoms with Gasteiger partial charge in [-0.05, 0) is 43.2 Å². The van der Waals surface area contributed by atoms with Gasteiger partial charge in [0.1, 0.15) is 0 Å². The zero-order valence-corrected chi connectivity index (χ0v) is 9.93. The van der Waals surface area contributed by atoms with Gasteiger partial charge in [0.05, 0.1) is 0 Å². The first kappa shape index (κ1) is 10.8. The molecule has 15 heavy (non-hydrogen) atoms. The van der Waals surface area contributed by atoms with E-state index in [4.69, 9.17) is 11.6 Å². The van der Waals surface area contributed by atoms with Crippen LogP contribution in [0.3, 0.4) is 0 Å². The Morgan fingerprint density at radius 1 is 1.20 bits per heavy atom. The van der Waals surface area contributed by atoms with Gasteiger partial charge in [-0.25, -0.2) is 0 Å². The maximum absolute atomic E-state index is 6.13. The third kappa shape index (κ3) is 2.85. The third-order valence-electron chi connectivity index (χ3n) is 3.18. The monoisotopic (exact) mass is 220 g/mol. The molecule has 0 saturated heterocycles. The SMILES string of the molecule is CC1CCC(=Cc2ccccc2Cl)CC1. The number of halogens is 1. The summed E-state index contributed by atoms with van der Waals surface area (Å²) < 4.78 is 0. The predicted octanol–water partition coefficient (Wildman–Crippen LogP) is 4.93. The molecule has 1 aromatic carbocycles. The number of allylic oxidation sites excluding steroid dienone is 1. The van der Waals surface area contributed by atoms with E-state index in [0.29, 0.717) is 0 Å². The van der Waals surface area contributed by atoms with Gasteiger partial charge in [-0.15, -0.1) is 0 Å². The highest BCUT2D eigenvalue weighted by molar-refractivity contribution is 6.32. The van der Waals surface area contributed by atoms with E-state index in [1.807, 2.05) is 18.2 Å². The first-order chi connectivity index (χ1) is 7.25. The minimum Gasteiger partial charge on any atom is -0.0837 e.